The van der Waals surface area contributed by atoms with Crippen molar-refractivity contribution in [2.45, 2.75) is 25.3 Å². The van der Waals surface area contributed by atoms with Crippen LogP contribution in [0.5, 0.6) is 0 Å². The van der Waals surface area contributed by atoms with Gasteiger partial charge in [-0.05, 0) is 43.5 Å². The Bertz CT molecular complexity index is 1270. The fraction of sp³-hybridized carbons (Fsp3) is 0.250. The summed E-state index contributed by atoms with van der Waals surface area (Å²) in [5.74, 6) is -0.798. The van der Waals surface area contributed by atoms with Gasteiger partial charge in [0.1, 0.15) is 6.61 Å². The molecule has 172 valence electrons. The number of ether oxygens (including phenoxy) is 1. The standard InChI is InChI=1S/C24H23N7O3/c32-23(21-15-30(27-25-21)18-9-3-1-4-10-18)29-14-8-7-13-20(29)17-34-24(33)22-16-31(28-26-22)19-11-5-2-6-12-19/h1-6,9-12,15-16,20H,7-8,13-14,17H2. The third kappa shape index (κ3) is 4.56. The first-order valence-corrected chi connectivity index (χ1v) is 11.1. The summed E-state index contributed by atoms with van der Waals surface area (Å²) in [5.41, 5.74) is 1.99. The molecule has 10 nitrogen and oxygen atoms in total. The highest BCUT2D eigenvalue weighted by Gasteiger charge is 2.30. The Morgan fingerprint density at radius 3 is 2.06 bits per heavy atom. The normalized spacial score (nSPS) is 15.8. The lowest BCUT2D eigenvalue weighted by Crippen LogP contribution is -2.46. The van der Waals surface area contributed by atoms with Crippen LogP contribution in [0.4, 0.5) is 0 Å². The fourth-order valence-electron chi connectivity index (χ4n) is 3.97. The molecule has 0 bridgehead atoms. The van der Waals surface area contributed by atoms with Crippen molar-refractivity contribution in [3.63, 3.8) is 0 Å². The van der Waals surface area contributed by atoms with Gasteiger partial charge in [-0.15, -0.1) is 10.2 Å². The Morgan fingerprint density at radius 1 is 0.824 bits per heavy atom. The smallest absolute Gasteiger partial charge is 0.360 e. The van der Waals surface area contributed by atoms with Crippen LogP contribution in [0, 0.1) is 0 Å². The van der Waals surface area contributed by atoms with E-state index in [9.17, 15) is 9.59 Å². The second-order valence-electron chi connectivity index (χ2n) is 8.01. The number of likely N-dealkylation sites (tertiary alicyclic amines) is 1. The average molecular weight is 457 g/mol. The van der Waals surface area contributed by atoms with E-state index in [0.29, 0.717) is 6.54 Å². The monoisotopic (exact) mass is 457 g/mol. The molecule has 2 aromatic heterocycles. The molecule has 1 fully saturated rings. The minimum atomic E-state index is -0.574. The minimum absolute atomic E-state index is 0.0790. The van der Waals surface area contributed by atoms with Crippen LogP contribution < -0.4 is 0 Å². The summed E-state index contributed by atoms with van der Waals surface area (Å²) in [7, 11) is 0. The third-order valence-corrected chi connectivity index (χ3v) is 5.75. The predicted molar refractivity (Wildman–Crippen MR) is 122 cm³/mol. The van der Waals surface area contributed by atoms with Crippen molar-refractivity contribution in [3.05, 3.63) is 84.4 Å². The molecule has 1 atom stereocenters. The fourth-order valence-corrected chi connectivity index (χ4v) is 3.97. The van der Waals surface area contributed by atoms with E-state index in [4.69, 9.17) is 4.74 Å². The zero-order valence-corrected chi connectivity index (χ0v) is 18.4. The number of nitrogens with zero attached hydrogens (tertiary/aromatic N) is 7. The molecule has 1 amide bonds. The summed E-state index contributed by atoms with van der Waals surface area (Å²) < 4.78 is 8.61. The Labute approximate surface area is 195 Å². The van der Waals surface area contributed by atoms with Gasteiger partial charge in [-0.25, -0.2) is 14.2 Å². The van der Waals surface area contributed by atoms with E-state index in [1.807, 2.05) is 60.7 Å². The molecular weight excluding hydrogens is 434 g/mol. The first-order chi connectivity index (χ1) is 16.7. The number of aromatic nitrogens is 6. The number of benzene rings is 2. The van der Waals surface area contributed by atoms with Crippen molar-refractivity contribution in [2.24, 2.45) is 0 Å². The number of carbonyl (C=O) groups excluding carboxylic acids is 2. The summed E-state index contributed by atoms with van der Waals surface area (Å²) in [6, 6.07) is 18.6. The quantitative estimate of drug-likeness (QED) is 0.410. The van der Waals surface area contributed by atoms with Crippen LogP contribution >= 0.6 is 0 Å². The van der Waals surface area contributed by atoms with Gasteiger partial charge in [0.05, 0.1) is 29.8 Å². The number of rotatable bonds is 6. The van der Waals surface area contributed by atoms with Gasteiger partial charge in [-0.1, -0.05) is 46.8 Å². The number of amides is 1. The molecule has 0 saturated carbocycles. The molecule has 2 aromatic carbocycles. The lowest BCUT2D eigenvalue weighted by molar-refractivity contribution is 0.0245. The molecule has 3 heterocycles. The summed E-state index contributed by atoms with van der Waals surface area (Å²) in [4.78, 5) is 27.5. The van der Waals surface area contributed by atoms with Crippen LogP contribution in [0.3, 0.4) is 0 Å². The first kappa shape index (κ1) is 21.5. The zero-order chi connectivity index (χ0) is 23.3. The first-order valence-electron chi connectivity index (χ1n) is 11.1. The molecule has 1 saturated heterocycles. The van der Waals surface area contributed by atoms with Gasteiger partial charge in [0.25, 0.3) is 5.91 Å². The van der Waals surface area contributed by atoms with Gasteiger partial charge >= 0.3 is 5.97 Å². The summed E-state index contributed by atoms with van der Waals surface area (Å²) in [5, 5.41) is 16.1. The van der Waals surface area contributed by atoms with Crippen LogP contribution in [0.15, 0.2) is 73.1 Å². The highest BCUT2D eigenvalue weighted by molar-refractivity contribution is 5.92. The lowest BCUT2D eigenvalue weighted by atomic mass is 10.0. The maximum atomic E-state index is 13.2. The molecule has 0 spiro atoms. The van der Waals surface area contributed by atoms with Gasteiger partial charge in [-0.2, -0.15) is 0 Å². The molecule has 4 aromatic rings. The molecule has 34 heavy (non-hydrogen) atoms. The van der Waals surface area contributed by atoms with Gasteiger partial charge in [0.2, 0.25) is 0 Å². The predicted octanol–water partition coefficient (Wildman–Crippen LogP) is 2.70. The second kappa shape index (κ2) is 9.65. The molecular formula is C24H23N7O3. The number of hydrogen-bond donors (Lipinski definition) is 0. The largest absolute Gasteiger partial charge is 0.459 e. The molecule has 5 rings (SSSR count). The number of carbonyl (C=O) groups is 2. The third-order valence-electron chi connectivity index (χ3n) is 5.75. The summed E-state index contributed by atoms with van der Waals surface area (Å²) in [6.07, 6.45) is 5.73. The van der Waals surface area contributed by atoms with Crippen molar-refractivity contribution >= 4 is 11.9 Å². The topological polar surface area (TPSA) is 108 Å². The van der Waals surface area contributed by atoms with Crippen molar-refractivity contribution in [1.29, 1.82) is 0 Å². The van der Waals surface area contributed by atoms with E-state index in [2.05, 4.69) is 20.6 Å². The van der Waals surface area contributed by atoms with Gasteiger partial charge in [-0.3, -0.25) is 4.79 Å². The Kier molecular flexibility index (Phi) is 6.11. The number of esters is 1. The van der Waals surface area contributed by atoms with E-state index < -0.39 is 5.97 Å². The highest BCUT2D eigenvalue weighted by atomic mass is 16.5. The van der Waals surface area contributed by atoms with Crippen LogP contribution in [0.2, 0.25) is 0 Å². The van der Waals surface area contributed by atoms with Gasteiger partial charge < -0.3 is 9.64 Å². The Morgan fingerprint density at radius 2 is 1.41 bits per heavy atom. The maximum Gasteiger partial charge on any atom is 0.360 e. The maximum absolute atomic E-state index is 13.2. The van der Waals surface area contributed by atoms with Gasteiger partial charge in [0.15, 0.2) is 11.4 Å². The zero-order valence-electron chi connectivity index (χ0n) is 18.4. The van der Waals surface area contributed by atoms with Crippen LogP contribution in [-0.2, 0) is 4.74 Å². The average Bonchev–Trinajstić information content (AvgIpc) is 3.59. The van der Waals surface area contributed by atoms with Crippen LogP contribution in [0.1, 0.15) is 40.2 Å². The molecule has 0 aliphatic carbocycles. The summed E-state index contributed by atoms with van der Waals surface area (Å²) in [6.45, 7) is 0.652. The van der Waals surface area contributed by atoms with Crippen molar-refractivity contribution in [2.75, 3.05) is 13.2 Å². The van der Waals surface area contributed by atoms with Crippen molar-refractivity contribution in [1.82, 2.24) is 34.9 Å². The number of piperidine rings is 1. The van der Waals surface area contributed by atoms with E-state index in [0.717, 1.165) is 30.6 Å². The lowest BCUT2D eigenvalue weighted by Gasteiger charge is -2.34. The molecule has 1 unspecified atom stereocenters. The number of para-hydroxylation sites is 2. The number of hydrogen-bond acceptors (Lipinski definition) is 7. The minimum Gasteiger partial charge on any atom is -0.459 e. The molecule has 0 N–H and O–H groups in total. The van der Waals surface area contributed by atoms with E-state index >= 15 is 0 Å². The molecule has 1 aliphatic heterocycles. The molecule has 10 heteroatoms. The van der Waals surface area contributed by atoms with Crippen LogP contribution in [0.25, 0.3) is 11.4 Å². The van der Waals surface area contributed by atoms with Gasteiger partial charge in [0, 0.05) is 6.54 Å². The van der Waals surface area contributed by atoms with Crippen LogP contribution in [-0.4, -0.2) is 66.0 Å². The van der Waals surface area contributed by atoms with E-state index in [1.54, 1.807) is 15.8 Å². The van der Waals surface area contributed by atoms with Crippen molar-refractivity contribution in [3.8, 4) is 11.4 Å². The highest BCUT2D eigenvalue weighted by Crippen LogP contribution is 2.20. The SMILES string of the molecule is O=C(OCC1CCCCN1C(=O)c1cn(-c2ccccc2)nn1)c1cn(-c2ccccc2)nn1. The van der Waals surface area contributed by atoms with E-state index in [1.165, 1.54) is 10.9 Å². The van der Waals surface area contributed by atoms with Crippen molar-refractivity contribution < 1.29 is 14.3 Å². The molecule has 0 radical (unpaired) electrons. The second-order valence-corrected chi connectivity index (χ2v) is 8.01. The molecule has 1 aliphatic rings. The Balaban J connectivity index is 1.24. The van der Waals surface area contributed by atoms with E-state index in [-0.39, 0.29) is 29.9 Å². The summed E-state index contributed by atoms with van der Waals surface area (Å²) >= 11 is 0. The Hall–Kier alpha value is -4.34.